The van der Waals surface area contributed by atoms with Crippen molar-refractivity contribution in [3.63, 3.8) is 0 Å². The third-order valence-corrected chi connectivity index (χ3v) is 8.87. The molecule has 228 valence electrons. The van der Waals surface area contributed by atoms with E-state index in [-0.39, 0.29) is 11.1 Å². The van der Waals surface area contributed by atoms with Crippen molar-refractivity contribution in [3.05, 3.63) is 182 Å². The SMILES string of the molecule is [2H]c1c([2H])c([2H])c(-c2c3c([2H])c([2H])c([2H])c([2H])c3c(-c3c([2H])c([2H])c([2H])c(-c4cccc5oc6ccc(-c7cccc8ccccc78)cc6c45)c3[2H])c3c([2H])c([2H])c([2H])c([2H])c23)c([2H])c1[2H]. The van der Waals surface area contributed by atoms with E-state index in [4.69, 9.17) is 16.8 Å². The molecule has 0 aliphatic heterocycles. The van der Waals surface area contributed by atoms with Crippen molar-refractivity contribution in [2.24, 2.45) is 0 Å². The molecular formula is C48H30O. The summed E-state index contributed by atoms with van der Waals surface area (Å²) < 4.78 is 160. The largest absolute Gasteiger partial charge is 0.456 e. The van der Waals surface area contributed by atoms with Crippen LogP contribution in [0.3, 0.4) is 0 Å². The smallest absolute Gasteiger partial charge is 0.136 e. The zero-order valence-corrected chi connectivity index (χ0v) is 25.4. The van der Waals surface area contributed by atoms with Gasteiger partial charge < -0.3 is 4.42 Å². The second-order valence-corrected chi connectivity index (χ2v) is 11.5. The molecule has 10 rings (SSSR count). The number of hydrogen-bond donors (Lipinski definition) is 0. The topological polar surface area (TPSA) is 13.1 Å². The Bertz CT molecular complexity index is 3740. The van der Waals surface area contributed by atoms with Crippen LogP contribution in [0.25, 0.3) is 98.8 Å². The van der Waals surface area contributed by atoms with E-state index in [0.29, 0.717) is 21.9 Å². The molecule has 0 atom stereocenters. The van der Waals surface area contributed by atoms with E-state index in [1.807, 2.05) is 60.7 Å². The van der Waals surface area contributed by atoms with E-state index < -0.39 is 147 Å². The van der Waals surface area contributed by atoms with Crippen LogP contribution >= 0.6 is 0 Å². The minimum atomic E-state index is -0.825. The third-order valence-electron chi connectivity index (χ3n) is 8.87. The van der Waals surface area contributed by atoms with Crippen molar-refractivity contribution in [1.82, 2.24) is 0 Å². The van der Waals surface area contributed by atoms with Crippen LogP contribution in [-0.4, -0.2) is 0 Å². The van der Waals surface area contributed by atoms with Crippen LogP contribution in [0.5, 0.6) is 0 Å². The first-order valence-electron chi connectivity index (χ1n) is 24.0. The quantitative estimate of drug-likeness (QED) is 0.175. The van der Waals surface area contributed by atoms with E-state index in [9.17, 15) is 11.0 Å². The maximum Gasteiger partial charge on any atom is 0.136 e. The second kappa shape index (κ2) is 11.1. The Morgan fingerprint density at radius 1 is 0.388 bits per heavy atom. The first-order chi connectivity index (χ1) is 31.4. The molecule has 1 heterocycles. The molecule has 9 aromatic carbocycles. The van der Waals surface area contributed by atoms with Crippen LogP contribution < -0.4 is 0 Å². The number of fused-ring (bicyclic) bond motifs is 6. The van der Waals surface area contributed by atoms with Crippen LogP contribution in [0.15, 0.2) is 186 Å². The fraction of sp³-hybridized carbons (Fsp3) is 0. The summed E-state index contributed by atoms with van der Waals surface area (Å²) in [6.07, 6.45) is 0. The molecule has 0 amide bonds. The normalized spacial score (nSPS) is 16.5. The van der Waals surface area contributed by atoms with Crippen molar-refractivity contribution in [2.75, 3.05) is 0 Å². The lowest BCUT2D eigenvalue weighted by molar-refractivity contribution is 0.669. The lowest BCUT2D eigenvalue weighted by atomic mass is 9.85. The predicted octanol–water partition coefficient (Wildman–Crippen LogP) is 13.7. The molecule has 0 fully saturated rings. The molecule has 1 heteroatoms. The lowest BCUT2D eigenvalue weighted by Crippen LogP contribution is -1.91. The Hall–Kier alpha value is -6.44. The maximum absolute atomic E-state index is 9.99. The van der Waals surface area contributed by atoms with Crippen molar-refractivity contribution in [3.8, 4) is 44.5 Å². The van der Waals surface area contributed by atoms with Gasteiger partial charge in [0.05, 0.1) is 23.3 Å². The minimum absolute atomic E-state index is 0.187. The molecule has 0 N–H and O–H groups in total. The van der Waals surface area contributed by atoms with Crippen LogP contribution in [0.1, 0.15) is 23.3 Å². The summed E-state index contributed by atoms with van der Waals surface area (Å²) in [7, 11) is 0. The summed E-state index contributed by atoms with van der Waals surface area (Å²) >= 11 is 0. The number of furan rings is 1. The van der Waals surface area contributed by atoms with Gasteiger partial charge >= 0.3 is 0 Å². The van der Waals surface area contributed by atoms with E-state index in [2.05, 4.69) is 0 Å². The molecule has 0 aliphatic rings. The first kappa shape index (κ1) is 15.6. The molecular weight excluding hydrogens is 593 g/mol. The summed E-state index contributed by atoms with van der Waals surface area (Å²) in [6, 6.07) is 11.3. The van der Waals surface area contributed by atoms with Crippen molar-refractivity contribution in [1.29, 1.82) is 0 Å². The van der Waals surface area contributed by atoms with Gasteiger partial charge in [-0.05, 0) is 101 Å². The minimum Gasteiger partial charge on any atom is -0.456 e. The van der Waals surface area contributed by atoms with E-state index in [0.717, 1.165) is 21.9 Å². The summed E-state index contributed by atoms with van der Waals surface area (Å²) in [4.78, 5) is 0. The summed E-state index contributed by atoms with van der Waals surface area (Å²) in [5.74, 6) is 0. The molecule has 49 heavy (non-hydrogen) atoms. The van der Waals surface area contributed by atoms with E-state index in [1.165, 1.54) is 0 Å². The van der Waals surface area contributed by atoms with Gasteiger partial charge in [-0.15, -0.1) is 0 Å². The summed E-state index contributed by atoms with van der Waals surface area (Å²) in [6.45, 7) is 0. The summed E-state index contributed by atoms with van der Waals surface area (Å²) in [5.41, 5.74) is 0.532. The van der Waals surface area contributed by atoms with Gasteiger partial charge in [0.25, 0.3) is 0 Å². The second-order valence-electron chi connectivity index (χ2n) is 11.5. The zero-order valence-electron chi connectivity index (χ0n) is 42.4. The Morgan fingerprint density at radius 2 is 1.00 bits per heavy atom. The molecule has 0 saturated carbocycles. The maximum atomic E-state index is 9.99. The average Bonchev–Trinajstić information content (AvgIpc) is 3.70. The van der Waals surface area contributed by atoms with E-state index >= 15 is 0 Å². The van der Waals surface area contributed by atoms with Gasteiger partial charge in [0.1, 0.15) is 11.2 Å². The summed E-state index contributed by atoms with van der Waals surface area (Å²) in [5, 5.41) is 1.03. The van der Waals surface area contributed by atoms with Crippen LogP contribution in [0, 0.1) is 0 Å². The van der Waals surface area contributed by atoms with Crippen molar-refractivity contribution < 1.29 is 27.7 Å². The van der Waals surface area contributed by atoms with Gasteiger partial charge in [0.2, 0.25) is 0 Å². The Morgan fingerprint density at radius 3 is 1.78 bits per heavy atom. The fourth-order valence-electron chi connectivity index (χ4n) is 6.78. The van der Waals surface area contributed by atoms with Gasteiger partial charge in [0, 0.05) is 10.8 Å². The first-order valence-corrected chi connectivity index (χ1v) is 15.5. The van der Waals surface area contributed by atoms with Gasteiger partial charge in [0.15, 0.2) is 0 Å². The highest BCUT2D eigenvalue weighted by atomic mass is 16.3. The number of hydrogen-bond acceptors (Lipinski definition) is 1. The molecule has 0 aliphatic carbocycles. The van der Waals surface area contributed by atoms with Gasteiger partial charge in [-0.1, -0.05) is 157 Å². The molecule has 0 bridgehead atoms. The van der Waals surface area contributed by atoms with Gasteiger partial charge in [-0.2, -0.15) is 0 Å². The number of benzene rings is 9. The Labute approximate surface area is 308 Å². The third kappa shape index (κ3) is 4.40. The zero-order chi connectivity index (χ0) is 47.1. The highest BCUT2D eigenvalue weighted by Crippen LogP contribution is 2.45. The van der Waals surface area contributed by atoms with Crippen LogP contribution in [0.4, 0.5) is 0 Å². The molecule has 1 aromatic heterocycles. The average molecular weight is 640 g/mol. The van der Waals surface area contributed by atoms with Crippen LogP contribution in [0.2, 0.25) is 0 Å². The monoisotopic (exact) mass is 639 g/mol. The highest BCUT2D eigenvalue weighted by molar-refractivity contribution is 6.22. The van der Waals surface area contributed by atoms with E-state index in [1.54, 1.807) is 18.2 Å². The molecule has 1 nitrogen and oxygen atoms in total. The fourth-order valence-corrected chi connectivity index (χ4v) is 6.78. The van der Waals surface area contributed by atoms with Crippen molar-refractivity contribution >= 4 is 54.3 Å². The Balaban J connectivity index is 1.40. The van der Waals surface area contributed by atoms with Crippen LogP contribution in [-0.2, 0) is 0 Å². The lowest BCUT2D eigenvalue weighted by Gasteiger charge is -2.18. The van der Waals surface area contributed by atoms with Gasteiger partial charge in [-0.25, -0.2) is 0 Å². The Kier molecular flexibility index (Phi) is 3.54. The predicted molar refractivity (Wildman–Crippen MR) is 208 cm³/mol. The van der Waals surface area contributed by atoms with Crippen molar-refractivity contribution in [2.45, 2.75) is 0 Å². The standard InChI is InChI=1S/C48H30O/c1-2-14-32(15-3-1)46-39-20-6-8-22-41(39)47(42-23-9-7-21-40(42)46)35-18-10-17-33(29-35)38-25-12-26-45-48(38)43-30-34(27-28-44(43)49-45)37-24-11-16-31-13-4-5-19-36(31)37/h1-30H/i1D,2D,3D,6D,7D,8D,9D,10D,14D,15D,17D,18D,20D,21D,22D,23D,29D. The van der Waals surface area contributed by atoms with Gasteiger partial charge in [-0.3, -0.25) is 0 Å². The molecule has 0 saturated heterocycles. The molecule has 0 radical (unpaired) electrons. The molecule has 0 unspecified atom stereocenters. The molecule has 10 aromatic rings. The number of rotatable bonds is 4. The molecule has 0 spiro atoms. The highest BCUT2D eigenvalue weighted by Gasteiger charge is 2.18.